The predicted octanol–water partition coefficient (Wildman–Crippen LogP) is 2.44. The van der Waals surface area contributed by atoms with E-state index in [-0.39, 0.29) is 22.4 Å². The number of hydrogen-bond acceptors (Lipinski definition) is 9. The Bertz CT molecular complexity index is 1400. The van der Waals surface area contributed by atoms with E-state index in [1.54, 1.807) is 0 Å². The zero-order chi connectivity index (χ0) is 28.1. The Morgan fingerprint density at radius 2 is 1.51 bits per heavy atom. The topological polar surface area (TPSA) is 182 Å². The molecule has 1 aliphatic rings. The van der Waals surface area contributed by atoms with Crippen molar-refractivity contribution in [3.8, 4) is 17.2 Å². The number of nitrogens with one attached hydrogen (secondary N) is 2. The number of esters is 1. The van der Waals surface area contributed by atoms with E-state index < -0.39 is 52.8 Å². The molecule has 2 atom stereocenters. The van der Waals surface area contributed by atoms with Gasteiger partial charge in [-0.2, -0.15) is 0 Å². The first-order valence-electron chi connectivity index (χ1n) is 12.1. The van der Waals surface area contributed by atoms with Crippen molar-refractivity contribution in [3.63, 3.8) is 0 Å². The number of aromatic carboxylic acids is 1. The minimum atomic E-state index is -1.36. The van der Waals surface area contributed by atoms with E-state index in [2.05, 4.69) is 10.6 Å². The van der Waals surface area contributed by atoms with E-state index in [4.69, 9.17) is 4.74 Å². The summed E-state index contributed by atoms with van der Waals surface area (Å²) in [5, 5.41) is 45.9. The number of hydrogen-bond donors (Lipinski definition) is 6. The summed E-state index contributed by atoms with van der Waals surface area (Å²) in [5.41, 5.74) is -1.05. The number of ketones is 1. The molecule has 11 heteroatoms. The van der Waals surface area contributed by atoms with Gasteiger partial charge in [0.2, 0.25) is 5.78 Å². The molecular formula is C28H26N2O9. The number of benzene rings is 3. The summed E-state index contributed by atoms with van der Waals surface area (Å²) in [6, 6.07) is 12.3. The number of carboxylic acids is 1. The second-order valence-corrected chi connectivity index (χ2v) is 8.99. The highest BCUT2D eigenvalue weighted by atomic mass is 16.5. The first kappa shape index (κ1) is 27.1. The van der Waals surface area contributed by atoms with Gasteiger partial charge in [-0.25, -0.2) is 9.59 Å². The highest BCUT2D eigenvalue weighted by Gasteiger charge is 2.30. The van der Waals surface area contributed by atoms with Gasteiger partial charge in [-0.1, -0.05) is 18.2 Å². The van der Waals surface area contributed by atoms with Crippen LogP contribution in [0, 0.1) is 0 Å². The molecule has 39 heavy (non-hydrogen) atoms. The Kier molecular flexibility index (Phi) is 8.11. The summed E-state index contributed by atoms with van der Waals surface area (Å²) >= 11 is 0. The molecule has 0 bridgehead atoms. The molecule has 1 unspecified atom stereocenters. The third kappa shape index (κ3) is 6.16. The molecule has 0 saturated carbocycles. The van der Waals surface area contributed by atoms with Crippen LogP contribution in [0.15, 0.2) is 60.7 Å². The second kappa shape index (κ2) is 11.7. The van der Waals surface area contributed by atoms with Crippen LogP contribution in [-0.2, 0) is 4.74 Å². The van der Waals surface area contributed by atoms with E-state index in [1.165, 1.54) is 48.5 Å². The van der Waals surface area contributed by atoms with Gasteiger partial charge in [0, 0.05) is 17.7 Å². The third-order valence-electron chi connectivity index (χ3n) is 6.32. The molecule has 0 radical (unpaired) electrons. The number of amides is 1. The van der Waals surface area contributed by atoms with E-state index in [0.717, 1.165) is 12.1 Å². The normalized spacial score (nSPS) is 17.0. The van der Waals surface area contributed by atoms with Crippen LogP contribution < -0.4 is 10.6 Å². The summed E-state index contributed by atoms with van der Waals surface area (Å²) in [6.07, 6.45) is 0.317. The van der Waals surface area contributed by atoms with Gasteiger partial charge in [-0.15, -0.1) is 0 Å². The number of phenols is 3. The summed E-state index contributed by atoms with van der Waals surface area (Å²) in [6.45, 7) is 0.949. The average Bonchev–Trinajstić information content (AvgIpc) is 3.13. The van der Waals surface area contributed by atoms with Crippen molar-refractivity contribution in [2.45, 2.75) is 25.0 Å². The van der Waals surface area contributed by atoms with Gasteiger partial charge in [-0.05, 0) is 61.9 Å². The van der Waals surface area contributed by atoms with Crippen LogP contribution in [0.25, 0.3) is 0 Å². The average molecular weight is 535 g/mol. The molecule has 1 fully saturated rings. The van der Waals surface area contributed by atoms with E-state index in [9.17, 15) is 39.6 Å². The number of rotatable bonds is 7. The molecule has 1 aliphatic heterocycles. The molecular weight excluding hydrogens is 508 g/mol. The SMILES string of the molecule is O=C(NC1CNCCC[C@H]1OC(=O)c1cc(O)c(C(=O)c2ccccc2C(=O)O)c(O)c1)c1ccc(O)cc1. The number of carboxylic acid groups (broad SMARTS) is 1. The fourth-order valence-corrected chi connectivity index (χ4v) is 4.34. The lowest BCUT2D eigenvalue weighted by Gasteiger charge is -2.26. The van der Waals surface area contributed by atoms with Gasteiger partial charge in [0.05, 0.1) is 17.2 Å². The van der Waals surface area contributed by atoms with Crippen LogP contribution in [0.5, 0.6) is 17.2 Å². The van der Waals surface area contributed by atoms with Crippen LogP contribution >= 0.6 is 0 Å². The molecule has 1 amide bonds. The van der Waals surface area contributed by atoms with Crippen molar-refractivity contribution in [2.24, 2.45) is 0 Å². The minimum Gasteiger partial charge on any atom is -0.508 e. The summed E-state index contributed by atoms with van der Waals surface area (Å²) < 4.78 is 5.65. The highest BCUT2D eigenvalue weighted by Crippen LogP contribution is 2.32. The Balaban J connectivity index is 1.53. The standard InChI is InChI=1S/C28H26N2O9/c31-17-9-7-15(8-10-17)26(35)30-20-14-29-11-3-6-23(20)39-28(38)16-12-21(32)24(22(33)13-16)25(34)18-4-1-2-5-19(18)27(36)37/h1-2,4-5,7-10,12-13,20,23,29,31-33H,3,6,11,14H2,(H,30,35)(H,36,37)/t20?,23-/m1/s1. The fourth-order valence-electron chi connectivity index (χ4n) is 4.34. The predicted molar refractivity (Wildman–Crippen MR) is 137 cm³/mol. The molecule has 3 aromatic rings. The van der Waals surface area contributed by atoms with E-state index in [1.807, 2.05) is 0 Å². The molecule has 3 aromatic carbocycles. The number of phenolic OH excluding ortho intramolecular Hbond substituents is 3. The van der Waals surface area contributed by atoms with Gasteiger partial charge < -0.3 is 35.8 Å². The van der Waals surface area contributed by atoms with Crippen molar-refractivity contribution < 1.29 is 44.3 Å². The second-order valence-electron chi connectivity index (χ2n) is 8.99. The van der Waals surface area contributed by atoms with Crippen LogP contribution in [0.2, 0.25) is 0 Å². The molecule has 11 nitrogen and oxygen atoms in total. The first-order chi connectivity index (χ1) is 18.7. The Morgan fingerprint density at radius 1 is 0.872 bits per heavy atom. The maximum absolute atomic E-state index is 13.0. The summed E-state index contributed by atoms with van der Waals surface area (Å²) in [4.78, 5) is 50.2. The molecule has 1 heterocycles. The van der Waals surface area contributed by atoms with E-state index >= 15 is 0 Å². The lowest BCUT2D eigenvalue weighted by atomic mass is 9.96. The van der Waals surface area contributed by atoms with Gasteiger partial charge in [0.1, 0.15) is 28.9 Å². The fraction of sp³-hybridized carbons (Fsp3) is 0.214. The highest BCUT2D eigenvalue weighted by molar-refractivity contribution is 6.17. The minimum absolute atomic E-state index is 0.0137. The Labute approximate surface area is 222 Å². The maximum atomic E-state index is 13.0. The lowest BCUT2D eigenvalue weighted by Crippen LogP contribution is -2.49. The molecule has 0 aliphatic carbocycles. The number of aromatic hydroxyl groups is 3. The molecule has 0 spiro atoms. The Hall–Kier alpha value is -4.90. The van der Waals surface area contributed by atoms with Crippen molar-refractivity contribution in [1.82, 2.24) is 10.6 Å². The summed E-state index contributed by atoms with van der Waals surface area (Å²) in [5.74, 6) is -5.07. The molecule has 6 N–H and O–H groups in total. The van der Waals surface area contributed by atoms with Crippen molar-refractivity contribution in [2.75, 3.05) is 13.1 Å². The van der Waals surface area contributed by atoms with Crippen LogP contribution in [-0.4, -0.2) is 69.3 Å². The summed E-state index contributed by atoms with van der Waals surface area (Å²) in [7, 11) is 0. The molecule has 4 rings (SSSR count). The van der Waals surface area contributed by atoms with Crippen LogP contribution in [0.4, 0.5) is 0 Å². The zero-order valence-corrected chi connectivity index (χ0v) is 20.6. The Morgan fingerprint density at radius 3 is 2.15 bits per heavy atom. The monoisotopic (exact) mass is 534 g/mol. The molecule has 1 saturated heterocycles. The quantitative estimate of drug-likeness (QED) is 0.194. The van der Waals surface area contributed by atoms with Crippen LogP contribution in [0.3, 0.4) is 0 Å². The van der Waals surface area contributed by atoms with Gasteiger partial charge in [-0.3, -0.25) is 9.59 Å². The van der Waals surface area contributed by atoms with Crippen molar-refractivity contribution in [3.05, 3.63) is 88.5 Å². The van der Waals surface area contributed by atoms with Crippen LogP contribution in [0.1, 0.15) is 59.8 Å². The number of ether oxygens (including phenoxy) is 1. The zero-order valence-electron chi connectivity index (χ0n) is 20.6. The van der Waals surface area contributed by atoms with Gasteiger partial charge in [0.15, 0.2) is 0 Å². The maximum Gasteiger partial charge on any atom is 0.338 e. The lowest BCUT2D eigenvalue weighted by molar-refractivity contribution is 0.0191. The number of carbonyl (C=O) groups excluding carboxylic acids is 3. The number of carbonyl (C=O) groups is 4. The smallest absolute Gasteiger partial charge is 0.338 e. The largest absolute Gasteiger partial charge is 0.508 e. The molecule has 0 aromatic heterocycles. The molecule has 202 valence electrons. The van der Waals surface area contributed by atoms with Gasteiger partial charge in [0.25, 0.3) is 5.91 Å². The van der Waals surface area contributed by atoms with Crippen molar-refractivity contribution >= 4 is 23.6 Å². The van der Waals surface area contributed by atoms with E-state index in [0.29, 0.717) is 31.5 Å². The third-order valence-corrected chi connectivity index (χ3v) is 6.32. The van der Waals surface area contributed by atoms with Crippen molar-refractivity contribution in [1.29, 1.82) is 0 Å². The first-order valence-corrected chi connectivity index (χ1v) is 12.1. The van der Waals surface area contributed by atoms with Gasteiger partial charge >= 0.3 is 11.9 Å².